The Morgan fingerprint density at radius 3 is 2.00 bits per heavy atom. The van der Waals surface area contributed by atoms with Crippen molar-refractivity contribution in [3.05, 3.63) is 28.3 Å². The second-order valence-corrected chi connectivity index (χ2v) is 8.74. The van der Waals surface area contributed by atoms with Gasteiger partial charge in [-0.2, -0.15) is 4.31 Å². The molecule has 0 aromatic heterocycles. The fourth-order valence-corrected chi connectivity index (χ4v) is 5.43. The molecule has 1 aliphatic rings. The molecule has 1 saturated heterocycles. The quantitative estimate of drug-likeness (QED) is 0.837. The Labute approximate surface area is 129 Å². The first-order chi connectivity index (χ1) is 9.64. The van der Waals surface area contributed by atoms with E-state index < -0.39 is 10.0 Å². The molecule has 21 heavy (non-hydrogen) atoms. The van der Waals surface area contributed by atoms with Crippen LogP contribution in [0.2, 0.25) is 0 Å². The molecule has 1 heterocycles. The monoisotopic (exact) mass is 309 g/mol. The van der Waals surface area contributed by atoms with Gasteiger partial charge >= 0.3 is 0 Å². The largest absolute Gasteiger partial charge is 0.243 e. The van der Waals surface area contributed by atoms with E-state index in [9.17, 15) is 8.42 Å². The van der Waals surface area contributed by atoms with Crippen molar-refractivity contribution in [2.45, 2.75) is 52.9 Å². The maximum absolute atomic E-state index is 13.0. The van der Waals surface area contributed by atoms with Crippen LogP contribution in [-0.4, -0.2) is 25.8 Å². The molecule has 2 atom stereocenters. The summed E-state index contributed by atoms with van der Waals surface area (Å²) in [5.74, 6) is 0.855. The van der Waals surface area contributed by atoms with Gasteiger partial charge in [-0.15, -0.1) is 0 Å². The van der Waals surface area contributed by atoms with Gasteiger partial charge in [-0.05, 0) is 74.3 Å². The van der Waals surface area contributed by atoms with Gasteiger partial charge in [0.05, 0.1) is 4.90 Å². The first-order valence-corrected chi connectivity index (χ1v) is 9.16. The molecular weight excluding hydrogens is 282 g/mol. The average Bonchev–Trinajstić information content (AvgIpc) is 2.39. The molecule has 1 aromatic carbocycles. The molecule has 118 valence electrons. The highest BCUT2D eigenvalue weighted by Gasteiger charge is 2.33. The summed E-state index contributed by atoms with van der Waals surface area (Å²) in [6, 6.07) is 1.84. The Bertz CT molecular complexity index is 639. The fourth-order valence-electron chi connectivity index (χ4n) is 3.38. The summed E-state index contributed by atoms with van der Waals surface area (Å²) < 4.78 is 27.8. The summed E-state index contributed by atoms with van der Waals surface area (Å²) in [6.07, 6.45) is 1.11. The molecular formula is C17H27NO2S. The smallest absolute Gasteiger partial charge is 0.207 e. The van der Waals surface area contributed by atoms with Gasteiger partial charge < -0.3 is 0 Å². The van der Waals surface area contributed by atoms with Crippen molar-refractivity contribution in [1.29, 1.82) is 0 Å². The van der Waals surface area contributed by atoms with Gasteiger partial charge in [0.25, 0.3) is 0 Å². The normalized spacial score (nSPS) is 24.3. The fraction of sp³-hybridized carbons (Fsp3) is 0.647. The van der Waals surface area contributed by atoms with Crippen LogP contribution in [0.1, 0.15) is 42.5 Å². The highest BCUT2D eigenvalue weighted by Crippen LogP contribution is 2.31. The van der Waals surface area contributed by atoms with Gasteiger partial charge in [0.2, 0.25) is 10.0 Å². The molecule has 4 heteroatoms. The van der Waals surface area contributed by atoms with Crippen LogP contribution in [0.4, 0.5) is 0 Å². The number of piperidine rings is 1. The van der Waals surface area contributed by atoms with Gasteiger partial charge in [0.1, 0.15) is 0 Å². The minimum atomic E-state index is -3.39. The summed E-state index contributed by atoms with van der Waals surface area (Å²) in [4.78, 5) is 0.490. The van der Waals surface area contributed by atoms with Crippen LogP contribution < -0.4 is 0 Å². The third-order valence-corrected chi connectivity index (χ3v) is 6.84. The van der Waals surface area contributed by atoms with Crippen molar-refractivity contribution in [1.82, 2.24) is 4.31 Å². The number of hydrogen-bond acceptors (Lipinski definition) is 2. The molecule has 1 aliphatic heterocycles. The maximum atomic E-state index is 13.0. The van der Waals surface area contributed by atoms with Crippen LogP contribution in [0, 0.1) is 39.5 Å². The van der Waals surface area contributed by atoms with Gasteiger partial charge in [0.15, 0.2) is 0 Å². The molecule has 3 nitrogen and oxygen atoms in total. The van der Waals surface area contributed by atoms with Crippen molar-refractivity contribution < 1.29 is 8.42 Å². The Morgan fingerprint density at radius 2 is 1.48 bits per heavy atom. The number of benzene rings is 1. The molecule has 0 unspecified atom stereocenters. The van der Waals surface area contributed by atoms with Crippen LogP contribution in [0.25, 0.3) is 0 Å². The van der Waals surface area contributed by atoms with Crippen molar-refractivity contribution in [2.75, 3.05) is 13.1 Å². The molecule has 0 spiro atoms. The zero-order valence-electron chi connectivity index (χ0n) is 14.0. The van der Waals surface area contributed by atoms with E-state index in [2.05, 4.69) is 20.8 Å². The lowest BCUT2D eigenvalue weighted by molar-refractivity contribution is 0.222. The molecule has 0 aliphatic carbocycles. The maximum Gasteiger partial charge on any atom is 0.243 e. The Balaban J connectivity index is 2.50. The predicted molar refractivity (Wildman–Crippen MR) is 87.1 cm³/mol. The lowest BCUT2D eigenvalue weighted by Crippen LogP contribution is -2.42. The van der Waals surface area contributed by atoms with Crippen LogP contribution in [0.15, 0.2) is 11.0 Å². The van der Waals surface area contributed by atoms with Gasteiger partial charge in [-0.3, -0.25) is 0 Å². The topological polar surface area (TPSA) is 37.4 Å². The van der Waals surface area contributed by atoms with Crippen molar-refractivity contribution in [3.63, 3.8) is 0 Å². The van der Waals surface area contributed by atoms with E-state index in [0.29, 0.717) is 29.8 Å². The molecule has 0 bridgehead atoms. The van der Waals surface area contributed by atoms with Crippen LogP contribution in [0.5, 0.6) is 0 Å². The first-order valence-electron chi connectivity index (χ1n) is 7.72. The lowest BCUT2D eigenvalue weighted by atomic mass is 9.94. The summed E-state index contributed by atoms with van der Waals surface area (Å²) in [6.45, 7) is 13.5. The Morgan fingerprint density at radius 1 is 0.952 bits per heavy atom. The molecule has 1 aromatic rings. The van der Waals surface area contributed by atoms with E-state index in [4.69, 9.17) is 0 Å². The van der Waals surface area contributed by atoms with Crippen LogP contribution >= 0.6 is 0 Å². The van der Waals surface area contributed by atoms with E-state index in [0.717, 1.165) is 23.1 Å². The van der Waals surface area contributed by atoms with Gasteiger partial charge in [-0.25, -0.2) is 8.42 Å². The molecule has 1 fully saturated rings. The number of rotatable bonds is 2. The number of aryl methyl sites for hydroxylation is 1. The summed E-state index contributed by atoms with van der Waals surface area (Å²) in [5.41, 5.74) is 4.22. The first kappa shape index (κ1) is 16.5. The highest BCUT2D eigenvalue weighted by molar-refractivity contribution is 7.89. The molecule has 2 rings (SSSR count). The number of hydrogen-bond donors (Lipinski definition) is 0. The van der Waals surface area contributed by atoms with Gasteiger partial charge in [-0.1, -0.05) is 13.8 Å². The Hall–Kier alpha value is -0.870. The SMILES string of the molecule is Cc1cc(S(=O)(=O)N2C[C@@H](C)C[C@H](C)C2)c(C)c(C)c1C. The minimum Gasteiger partial charge on any atom is -0.207 e. The highest BCUT2D eigenvalue weighted by atomic mass is 32.2. The van der Waals surface area contributed by atoms with E-state index >= 15 is 0 Å². The van der Waals surface area contributed by atoms with E-state index in [1.807, 2.05) is 26.8 Å². The summed E-state index contributed by atoms with van der Waals surface area (Å²) in [5, 5.41) is 0. The third kappa shape index (κ3) is 3.02. The Kier molecular flexibility index (Phi) is 4.50. The van der Waals surface area contributed by atoms with E-state index in [1.54, 1.807) is 4.31 Å². The summed E-state index contributed by atoms with van der Waals surface area (Å²) >= 11 is 0. The van der Waals surface area contributed by atoms with Crippen LogP contribution in [0.3, 0.4) is 0 Å². The molecule has 0 saturated carbocycles. The van der Waals surface area contributed by atoms with Crippen LogP contribution in [-0.2, 0) is 10.0 Å². The second-order valence-electron chi connectivity index (χ2n) is 6.83. The molecule has 0 N–H and O–H groups in total. The number of sulfonamides is 1. The average molecular weight is 309 g/mol. The summed E-state index contributed by atoms with van der Waals surface area (Å²) in [7, 11) is -3.39. The third-order valence-electron chi connectivity index (χ3n) is 4.89. The van der Waals surface area contributed by atoms with Gasteiger partial charge in [0, 0.05) is 13.1 Å². The lowest BCUT2D eigenvalue weighted by Gasteiger charge is -2.34. The zero-order valence-corrected chi connectivity index (χ0v) is 14.8. The van der Waals surface area contributed by atoms with Crippen molar-refractivity contribution in [3.8, 4) is 0 Å². The van der Waals surface area contributed by atoms with E-state index in [-0.39, 0.29) is 0 Å². The van der Waals surface area contributed by atoms with Crippen molar-refractivity contribution >= 4 is 10.0 Å². The van der Waals surface area contributed by atoms with Crippen molar-refractivity contribution in [2.24, 2.45) is 11.8 Å². The molecule has 0 amide bonds. The minimum absolute atomic E-state index is 0.427. The second kappa shape index (κ2) is 5.73. The molecule has 0 radical (unpaired) electrons. The zero-order chi connectivity index (χ0) is 15.9. The standard InChI is InChI=1S/C17H27NO2S/c1-11-7-12(2)10-18(9-11)21(19,20)17-8-13(3)14(4)15(5)16(17)6/h8,11-12H,7,9-10H2,1-6H3/t11-,12-/m0/s1. The number of nitrogens with zero attached hydrogens (tertiary/aromatic N) is 1. The predicted octanol–water partition coefficient (Wildman–Crippen LogP) is 3.59. The van der Waals surface area contributed by atoms with E-state index in [1.165, 1.54) is 5.56 Å².